The molecule has 1 aliphatic carbocycles. The Balaban J connectivity index is 1.51. The van der Waals surface area contributed by atoms with Crippen LogP contribution in [0.4, 0.5) is 13.2 Å². The molecule has 2 N–H and O–H groups in total. The van der Waals surface area contributed by atoms with Crippen LogP contribution in [0, 0.1) is 0 Å². The summed E-state index contributed by atoms with van der Waals surface area (Å²) in [7, 11) is 0. The summed E-state index contributed by atoms with van der Waals surface area (Å²) in [5.74, 6) is -0.562. The van der Waals surface area contributed by atoms with Gasteiger partial charge in [0.1, 0.15) is 5.75 Å². The number of amides is 1. The van der Waals surface area contributed by atoms with Gasteiger partial charge in [-0.05, 0) is 55.9 Å². The van der Waals surface area contributed by atoms with E-state index in [1.807, 2.05) is 18.2 Å². The molecule has 0 heterocycles. The highest BCUT2D eigenvalue weighted by Gasteiger charge is 2.64. The lowest BCUT2D eigenvalue weighted by atomic mass is 9.94. The van der Waals surface area contributed by atoms with E-state index in [-0.39, 0.29) is 37.3 Å². The van der Waals surface area contributed by atoms with Crippen LogP contribution in [0.15, 0.2) is 48.5 Å². The number of hydrogen-bond acceptors (Lipinski definition) is 3. The van der Waals surface area contributed by atoms with E-state index in [2.05, 4.69) is 5.32 Å². The number of ether oxygens (including phenoxy) is 1. The lowest BCUT2D eigenvalue weighted by molar-refractivity contribution is -0.160. The number of benzene rings is 2. The average Bonchev–Trinajstić information content (AvgIpc) is 3.57. The molecule has 1 saturated carbocycles. The van der Waals surface area contributed by atoms with Crippen LogP contribution in [-0.2, 0) is 16.8 Å². The second-order valence-corrected chi connectivity index (χ2v) is 8.00. The van der Waals surface area contributed by atoms with Crippen molar-refractivity contribution in [3.8, 4) is 5.75 Å². The van der Waals surface area contributed by atoms with Crippen molar-refractivity contribution in [2.45, 2.75) is 56.7 Å². The minimum Gasteiger partial charge on any atom is -0.493 e. The van der Waals surface area contributed by atoms with Crippen molar-refractivity contribution in [2.24, 2.45) is 0 Å². The van der Waals surface area contributed by atoms with E-state index in [4.69, 9.17) is 9.84 Å². The van der Waals surface area contributed by atoms with Gasteiger partial charge in [-0.25, -0.2) is 0 Å². The van der Waals surface area contributed by atoms with Crippen LogP contribution in [-0.4, -0.2) is 29.8 Å². The molecule has 0 bridgehead atoms. The molecule has 0 radical (unpaired) electrons. The fraction of sp³-hybridized carbons (Fsp3) is 0.417. The van der Waals surface area contributed by atoms with Gasteiger partial charge in [0.05, 0.1) is 12.0 Å². The molecule has 2 aromatic carbocycles. The number of carboxylic acid groups (broad SMARTS) is 1. The van der Waals surface area contributed by atoms with E-state index >= 15 is 0 Å². The van der Waals surface area contributed by atoms with Gasteiger partial charge in [-0.1, -0.05) is 30.3 Å². The van der Waals surface area contributed by atoms with Crippen molar-refractivity contribution < 1.29 is 32.6 Å². The highest BCUT2D eigenvalue weighted by Crippen LogP contribution is 2.58. The van der Waals surface area contributed by atoms with Gasteiger partial charge in [0.15, 0.2) is 0 Å². The first kappa shape index (κ1) is 23.6. The van der Waals surface area contributed by atoms with Gasteiger partial charge in [0, 0.05) is 24.1 Å². The van der Waals surface area contributed by atoms with Gasteiger partial charge < -0.3 is 15.2 Å². The molecule has 1 amide bonds. The lowest BCUT2D eigenvalue weighted by Gasteiger charge is -2.19. The number of nitrogens with one attached hydrogen (secondary N) is 1. The summed E-state index contributed by atoms with van der Waals surface area (Å²) in [6.45, 7) is 0.648. The number of carbonyl (C=O) groups is 2. The first-order valence-electron chi connectivity index (χ1n) is 10.6. The van der Waals surface area contributed by atoms with Gasteiger partial charge in [0.2, 0.25) is 0 Å². The second kappa shape index (κ2) is 10.1. The molecule has 8 heteroatoms. The van der Waals surface area contributed by atoms with Gasteiger partial charge in [-0.15, -0.1) is 0 Å². The topological polar surface area (TPSA) is 75.6 Å². The Hall–Kier alpha value is -3.03. The summed E-state index contributed by atoms with van der Waals surface area (Å²) in [6, 6.07) is 12.9. The van der Waals surface area contributed by atoms with E-state index < -0.39 is 17.6 Å². The molecular formula is C24H26F3NO4. The fourth-order valence-electron chi connectivity index (χ4n) is 3.61. The van der Waals surface area contributed by atoms with Crippen LogP contribution >= 0.6 is 0 Å². The van der Waals surface area contributed by atoms with Gasteiger partial charge in [-0.3, -0.25) is 9.59 Å². The molecule has 2 aromatic rings. The number of alkyl halides is 3. The molecule has 0 saturated heterocycles. The van der Waals surface area contributed by atoms with Crippen LogP contribution in [0.3, 0.4) is 0 Å². The molecule has 0 spiro atoms. The van der Waals surface area contributed by atoms with E-state index in [9.17, 15) is 22.8 Å². The van der Waals surface area contributed by atoms with Gasteiger partial charge in [0.25, 0.3) is 5.91 Å². The van der Waals surface area contributed by atoms with Crippen molar-refractivity contribution in [3.05, 3.63) is 65.2 Å². The third-order valence-corrected chi connectivity index (χ3v) is 5.70. The molecule has 172 valence electrons. The zero-order valence-electron chi connectivity index (χ0n) is 17.6. The first-order chi connectivity index (χ1) is 15.2. The minimum atomic E-state index is -4.28. The number of rotatable bonds is 11. The Morgan fingerprint density at radius 1 is 1.00 bits per heavy atom. The predicted molar refractivity (Wildman–Crippen MR) is 113 cm³/mol. The van der Waals surface area contributed by atoms with E-state index in [0.29, 0.717) is 24.3 Å². The van der Waals surface area contributed by atoms with Crippen LogP contribution in [0.1, 0.15) is 60.0 Å². The van der Waals surface area contributed by atoms with E-state index in [0.717, 1.165) is 18.4 Å². The summed E-state index contributed by atoms with van der Waals surface area (Å²) in [5, 5.41) is 11.4. The Morgan fingerprint density at radius 2 is 1.69 bits per heavy atom. The van der Waals surface area contributed by atoms with Crippen LogP contribution < -0.4 is 10.1 Å². The second-order valence-electron chi connectivity index (χ2n) is 8.00. The number of hydrogen-bond donors (Lipinski definition) is 2. The Kier molecular flexibility index (Phi) is 7.43. The van der Waals surface area contributed by atoms with Gasteiger partial charge >= 0.3 is 12.1 Å². The molecule has 1 fully saturated rings. The summed E-state index contributed by atoms with van der Waals surface area (Å²) in [5.41, 5.74) is -0.490. The number of unbranched alkanes of at least 4 members (excludes halogenated alkanes) is 2. The van der Waals surface area contributed by atoms with Crippen molar-refractivity contribution in [2.75, 3.05) is 6.61 Å². The molecule has 5 nitrogen and oxygen atoms in total. The third-order valence-electron chi connectivity index (χ3n) is 5.70. The smallest absolute Gasteiger partial charge is 0.398 e. The Morgan fingerprint density at radius 3 is 2.31 bits per heavy atom. The molecule has 0 aromatic heterocycles. The largest absolute Gasteiger partial charge is 0.493 e. The molecular weight excluding hydrogens is 423 g/mol. The SMILES string of the molecule is O=C(O)CCCCCOc1ccccc1CNC(=O)c1ccc(C2(C(F)(F)F)CC2)cc1. The summed E-state index contributed by atoms with van der Waals surface area (Å²) in [6.07, 6.45) is -1.91. The number of carbonyl (C=O) groups excluding carboxylic acids is 1. The maximum Gasteiger partial charge on any atom is 0.398 e. The molecule has 0 aliphatic heterocycles. The normalized spacial score (nSPS) is 14.6. The zero-order chi connectivity index (χ0) is 23.2. The third kappa shape index (κ3) is 5.81. The van der Waals surface area contributed by atoms with E-state index in [1.54, 1.807) is 6.07 Å². The molecule has 32 heavy (non-hydrogen) atoms. The number of halogens is 3. The van der Waals surface area contributed by atoms with Gasteiger partial charge in [-0.2, -0.15) is 13.2 Å². The van der Waals surface area contributed by atoms with Crippen molar-refractivity contribution in [3.63, 3.8) is 0 Å². The van der Waals surface area contributed by atoms with Crippen LogP contribution in [0.2, 0.25) is 0 Å². The van der Waals surface area contributed by atoms with Crippen molar-refractivity contribution in [1.82, 2.24) is 5.32 Å². The summed E-state index contributed by atoms with van der Waals surface area (Å²) < 4.78 is 45.5. The Labute approximate surface area is 184 Å². The highest BCUT2D eigenvalue weighted by atomic mass is 19.4. The first-order valence-corrected chi connectivity index (χ1v) is 10.6. The number of para-hydroxylation sites is 1. The molecule has 3 rings (SSSR count). The lowest BCUT2D eigenvalue weighted by Crippen LogP contribution is -2.29. The highest BCUT2D eigenvalue weighted by molar-refractivity contribution is 5.94. The molecule has 0 unspecified atom stereocenters. The maximum absolute atomic E-state index is 13.3. The quantitative estimate of drug-likeness (QED) is 0.461. The standard InChI is InChI=1S/C24H26F3NO4/c25-24(26,27)23(13-14-23)19-11-9-17(10-12-19)22(31)28-16-18-6-3-4-7-20(18)32-15-5-1-2-8-21(29)30/h3-4,6-7,9-12H,1-2,5,8,13-16H2,(H,28,31)(H,29,30). The van der Waals surface area contributed by atoms with E-state index in [1.165, 1.54) is 24.3 Å². The Bertz CT molecular complexity index is 937. The van der Waals surface area contributed by atoms with Crippen LogP contribution in [0.5, 0.6) is 5.75 Å². The summed E-state index contributed by atoms with van der Waals surface area (Å²) >= 11 is 0. The minimum absolute atomic E-state index is 0.0817. The molecule has 0 atom stereocenters. The van der Waals surface area contributed by atoms with Crippen molar-refractivity contribution in [1.29, 1.82) is 0 Å². The van der Waals surface area contributed by atoms with Crippen LogP contribution in [0.25, 0.3) is 0 Å². The predicted octanol–water partition coefficient (Wildman–Crippen LogP) is 5.23. The number of aliphatic carboxylic acids is 1. The zero-order valence-corrected chi connectivity index (χ0v) is 17.6. The molecule has 1 aliphatic rings. The maximum atomic E-state index is 13.3. The summed E-state index contributed by atoms with van der Waals surface area (Å²) in [4.78, 5) is 23.0. The monoisotopic (exact) mass is 449 g/mol. The van der Waals surface area contributed by atoms with Crippen molar-refractivity contribution >= 4 is 11.9 Å². The number of carboxylic acids is 1. The fourth-order valence-corrected chi connectivity index (χ4v) is 3.61. The average molecular weight is 449 g/mol.